The Morgan fingerprint density at radius 1 is 1.52 bits per heavy atom. The van der Waals surface area contributed by atoms with E-state index in [1.165, 1.54) is 11.3 Å². The largest absolute Gasteiger partial charge is 0.397 e. The highest BCUT2D eigenvalue weighted by Gasteiger charge is 2.23. The summed E-state index contributed by atoms with van der Waals surface area (Å²) in [6, 6.07) is 7.92. The highest BCUT2D eigenvalue weighted by atomic mass is 79.9. The van der Waals surface area contributed by atoms with Crippen LogP contribution in [0.3, 0.4) is 0 Å². The summed E-state index contributed by atoms with van der Waals surface area (Å²) in [5.41, 5.74) is 6.67. The Hall–Kier alpha value is -1.58. The van der Waals surface area contributed by atoms with E-state index in [1.54, 1.807) is 4.90 Å². The van der Waals surface area contributed by atoms with Crippen molar-refractivity contribution in [3.8, 4) is 6.07 Å². The molecule has 1 aromatic carbocycles. The molecule has 21 heavy (non-hydrogen) atoms. The standard InChI is InChI=1S/C15H16BrN3OS/c1-9(2)19(7-3-6-17)15(20)14-13(18)11-8-10(16)4-5-12(11)21-14/h4-5,8-9H,3,7,18H2,1-2H3. The second-order valence-corrected chi connectivity index (χ2v) is 6.95. The smallest absolute Gasteiger partial charge is 0.266 e. The average Bonchev–Trinajstić information content (AvgIpc) is 2.76. The van der Waals surface area contributed by atoms with Gasteiger partial charge in [-0.25, -0.2) is 0 Å². The number of hydrogen-bond donors (Lipinski definition) is 1. The molecule has 4 nitrogen and oxygen atoms in total. The van der Waals surface area contributed by atoms with E-state index in [-0.39, 0.29) is 11.9 Å². The summed E-state index contributed by atoms with van der Waals surface area (Å²) < 4.78 is 1.92. The van der Waals surface area contributed by atoms with Gasteiger partial charge in [0.2, 0.25) is 0 Å². The quantitative estimate of drug-likeness (QED) is 0.889. The van der Waals surface area contributed by atoms with Gasteiger partial charge in [0.05, 0.1) is 18.2 Å². The molecule has 1 heterocycles. The number of carbonyl (C=O) groups excluding carboxylic acids is 1. The lowest BCUT2D eigenvalue weighted by Crippen LogP contribution is -2.37. The molecule has 6 heteroatoms. The molecule has 1 aromatic heterocycles. The summed E-state index contributed by atoms with van der Waals surface area (Å²) in [6.07, 6.45) is 0.320. The topological polar surface area (TPSA) is 70.1 Å². The lowest BCUT2D eigenvalue weighted by atomic mass is 10.2. The van der Waals surface area contributed by atoms with Crippen LogP contribution >= 0.6 is 27.3 Å². The Labute approximate surface area is 136 Å². The zero-order valence-electron chi connectivity index (χ0n) is 11.9. The fourth-order valence-electron chi connectivity index (χ4n) is 2.14. The Morgan fingerprint density at radius 2 is 2.24 bits per heavy atom. The molecule has 2 aromatic rings. The number of nitrogens with zero attached hydrogens (tertiary/aromatic N) is 2. The van der Waals surface area contributed by atoms with Gasteiger partial charge in [0.1, 0.15) is 4.88 Å². The minimum Gasteiger partial charge on any atom is -0.397 e. The van der Waals surface area contributed by atoms with E-state index in [2.05, 4.69) is 22.0 Å². The van der Waals surface area contributed by atoms with Crippen molar-refractivity contribution in [1.82, 2.24) is 4.90 Å². The first kappa shape index (κ1) is 15.8. The van der Waals surface area contributed by atoms with Crippen LogP contribution in [0.1, 0.15) is 29.9 Å². The van der Waals surface area contributed by atoms with Gasteiger partial charge in [0, 0.05) is 27.1 Å². The molecule has 0 aliphatic carbocycles. The van der Waals surface area contributed by atoms with E-state index in [4.69, 9.17) is 11.0 Å². The number of benzene rings is 1. The Morgan fingerprint density at radius 3 is 2.86 bits per heavy atom. The number of rotatable bonds is 4. The lowest BCUT2D eigenvalue weighted by Gasteiger charge is -2.25. The number of nitrogens with two attached hydrogens (primary N) is 1. The molecule has 0 aliphatic rings. The van der Waals surface area contributed by atoms with Crippen LogP contribution in [0.4, 0.5) is 5.69 Å². The number of amides is 1. The summed E-state index contributed by atoms with van der Waals surface area (Å²) >= 11 is 4.82. The van der Waals surface area contributed by atoms with Crippen LogP contribution in [0.2, 0.25) is 0 Å². The number of thiophene rings is 1. The first-order chi connectivity index (χ1) is 9.95. The van der Waals surface area contributed by atoms with Gasteiger partial charge in [0.15, 0.2) is 0 Å². The summed E-state index contributed by atoms with van der Waals surface area (Å²) in [5, 5.41) is 9.62. The second-order valence-electron chi connectivity index (χ2n) is 4.99. The van der Waals surface area contributed by atoms with Gasteiger partial charge in [-0.3, -0.25) is 4.79 Å². The summed E-state index contributed by atoms with van der Waals surface area (Å²) in [6.45, 7) is 4.30. The zero-order valence-corrected chi connectivity index (χ0v) is 14.3. The van der Waals surface area contributed by atoms with Crippen molar-refractivity contribution < 1.29 is 4.79 Å². The normalized spacial score (nSPS) is 10.8. The molecule has 0 spiro atoms. The molecule has 2 N–H and O–H groups in total. The molecule has 0 unspecified atom stereocenters. The number of nitriles is 1. The third-order valence-corrected chi connectivity index (χ3v) is 4.90. The lowest BCUT2D eigenvalue weighted by molar-refractivity contribution is 0.0716. The van der Waals surface area contributed by atoms with Gasteiger partial charge < -0.3 is 10.6 Å². The molecule has 1 amide bonds. The van der Waals surface area contributed by atoms with Crippen LogP contribution in [0, 0.1) is 11.3 Å². The van der Waals surface area contributed by atoms with Gasteiger partial charge in [-0.15, -0.1) is 11.3 Å². The molecule has 0 radical (unpaired) electrons. The Kier molecular flexibility index (Phi) is 4.86. The van der Waals surface area contributed by atoms with Crippen molar-refractivity contribution in [2.24, 2.45) is 0 Å². The second kappa shape index (κ2) is 6.46. The molecule has 0 fully saturated rings. The van der Waals surface area contributed by atoms with Gasteiger partial charge in [-0.05, 0) is 32.0 Å². The van der Waals surface area contributed by atoms with Crippen molar-refractivity contribution in [2.75, 3.05) is 12.3 Å². The minimum absolute atomic E-state index is 0.0298. The number of halogens is 1. The monoisotopic (exact) mass is 365 g/mol. The van der Waals surface area contributed by atoms with Crippen LogP contribution in [0.25, 0.3) is 10.1 Å². The van der Waals surface area contributed by atoms with E-state index >= 15 is 0 Å². The first-order valence-corrected chi connectivity index (χ1v) is 8.22. The molecular weight excluding hydrogens is 350 g/mol. The van der Waals surface area contributed by atoms with E-state index in [0.29, 0.717) is 23.5 Å². The van der Waals surface area contributed by atoms with Crippen LogP contribution in [0.5, 0.6) is 0 Å². The van der Waals surface area contributed by atoms with Gasteiger partial charge >= 0.3 is 0 Å². The predicted molar refractivity (Wildman–Crippen MR) is 90.3 cm³/mol. The fraction of sp³-hybridized carbons (Fsp3) is 0.333. The summed E-state index contributed by atoms with van der Waals surface area (Å²) in [7, 11) is 0. The predicted octanol–water partition coefficient (Wildman–Crippen LogP) is 4.01. The van der Waals surface area contributed by atoms with Crippen LogP contribution in [0.15, 0.2) is 22.7 Å². The number of hydrogen-bond acceptors (Lipinski definition) is 4. The third kappa shape index (κ3) is 3.20. The minimum atomic E-state index is -0.102. The highest BCUT2D eigenvalue weighted by molar-refractivity contribution is 9.10. The maximum absolute atomic E-state index is 12.7. The zero-order chi connectivity index (χ0) is 15.6. The summed E-state index contributed by atoms with van der Waals surface area (Å²) in [5.74, 6) is -0.102. The fourth-order valence-corrected chi connectivity index (χ4v) is 3.56. The molecule has 0 saturated carbocycles. The van der Waals surface area contributed by atoms with Gasteiger partial charge in [-0.2, -0.15) is 5.26 Å². The average molecular weight is 366 g/mol. The Bertz CT molecular complexity index is 718. The molecule has 0 atom stereocenters. The maximum atomic E-state index is 12.7. The number of carbonyl (C=O) groups is 1. The van der Waals surface area contributed by atoms with Crippen molar-refractivity contribution in [3.05, 3.63) is 27.5 Å². The van der Waals surface area contributed by atoms with Crippen molar-refractivity contribution in [3.63, 3.8) is 0 Å². The van der Waals surface area contributed by atoms with E-state index in [1.807, 2.05) is 32.0 Å². The SMILES string of the molecule is CC(C)N(CCC#N)C(=O)c1sc2ccc(Br)cc2c1N. The molecule has 0 aliphatic heterocycles. The number of anilines is 1. The molecule has 110 valence electrons. The van der Waals surface area contributed by atoms with Crippen LogP contribution < -0.4 is 5.73 Å². The van der Waals surface area contributed by atoms with Gasteiger partial charge in [0.25, 0.3) is 5.91 Å². The first-order valence-electron chi connectivity index (χ1n) is 6.61. The van der Waals surface area contributed by atoms with Crippen molar-refractivity contribution >= 4 is 48.9 Å². The van der Waals surface area contributed by atoms with E-state index in [0.717, 1.165) is 14.6 Å². The highest BCUT2D eigenvalue weighted by Crippen LogP contribution is 2.36. The van der Waals surface area contributed by atoms with Crippen molar-refractivity contribution in [1.29, 1.82) is 5.26 Å². The van der Waals surface area contributed by atoms with Crippen molar-refractivity contribution in [2.45, 2.75) is 26.3 Å². The number of nitrogen functional groups attached to an aromatic ring is 1. The summed E-state index contributed by atoms with van der Waals surface area (Å²) in [4.78, 5) is 14.9. The maximum Gasteiger partial charge on any atom is 0.266 e. The third-order valence-electron chi connectivity index (χ3n) is 3.23. The Balaban J connectivity index is 2.42. The van der Waals surface area contributed by atoms with E-state index in [9.17, 15) is 4.79 Å². The number of fused-ring (bicyclic) bond motifs is 1. The molecular formula is C15H16BrN3OS. The van der Waals surface area contributed by atoms with Crippen LogP contribution in [-0.4, -0.2) is 23.4 Å². The molecule has 0 saturated heterocycles. The molecule has 0 bridgehead atoms. The van der Waals surface area contributed by atoms with Crippen LogP contribution in [-0.2, 0) is 0 Å². The van der Waals surface area contributed by atoms with E-state index < -0.39 is 0 Å². The molecule has 2 rings (SSSR count). The van der Waals surface area contributed by atoms with Gasteiger partial charge in [-0.1, -0.05) is 15.9 Å².